The van der Waals surface area contributed by atoms with Crippen molar-refractivity contribution in [3.8, 4) is 0 Å². The van der Waals surface area contributed by atoms with Gasteiger partial charge >= 0.3 is 0 Å². The Morgan fingerprint density at radius 3 is 1.92 bits per heavy atom. The summed E-state index contributed by atoms with van der Waals surface area (Å²) in [5.74, 6) is 0. The second kappa shape index (κ2) is 6.43. The maximum absolute atomic E-state index is 8.65. The first-order valence-corrected chi connectivity index (χ1v) is 7.73. The first kappa shape index (κ1) is 11.9. The van der Waals surface area contributed by atoms with E-state index >= 15 is 0 Å². The molecule has 0 aliphatic rings. The van der Waals surface area contributed by atoms with Crippen LogP contribution in [0.15, 0.2) is 11.8 Å². The molecule has 1 N–H and O–H groups in total. The number of hydrogen-bond acceptors (Lipinski definition) is 1. The van der Waals surface area contributed by atoms with Gasteiger partial charge in [-0.25, -0.2) is 0 Å². The molecule has 0 atom stereocenters. The third-order valence-corrected chi connectivity index (χ3v) is 8.05. The van der Waals surface area contributed by atoms with Crippen LogP contribution in [0, 0.1) is 0 Å². The third kappa shape index (κ3) is 3.54. The van der Waals surface area contributed by atoms with Gasteiger partial charge in [-0.15, -0.1) is 0 Å². The van der Waals surface area contributed by atoms with E-state index in [0.717, 1.165) is 6.42 Å². The lowest BCUT2D eigenvalue weighted by molar-refractivity contribution is 0.302. The van der Waals surface area contributed by atoms with Gasteiger partial charge < -0.3 is 5.11 Å². The first-order chi connectivity index (χ1) is 5.74. The van der Waals surface area contributed by atoms with Crippen molar-refractivity contribution in [1.82, 2.24) is 0 Å². The highest BCUT2D eigenvalue weighted by Crippen LogP contribution is 2.21. The van der Waals surface area contributed by atoms with Gasteiger partial charge in [-0.2, -0.15) is 0 Å². The predicted molar refractivity (Wildman–Crippen MR) is 58.0 cm³/mol. The van der Waals surface area contributed by atoms with Gasteiger partial charge in [0.1, 0.15) is 0 Å². The van der Waals surface area contributed by atoms with Crippen LogP contribution in [0.1, 0.15) is 27.2 Å². The summed E-state index contributed by atoms with van der Waals surface area (Å²) in [6, 6.07) is 4.01. The van der Waals surface area contributed by atoms with Crippen molar-refractivity contribution in [2.75, 3.05) is 6.61 Å². The Hall–Kier alpha value is -0.0831. The molecule has 0 unspecified atom stereocenters. The number of rotatable bonds is 6. The Balaban J connectivity index is 4.09. The van der Waals surface area contributed by atoms with Crippen LogP contribution in [0.5, 0.6) is 0 Å². The largest absolute Gasteiger partial charge is 0.396 e. The van der Waals surface area contributed by atoms with Crippen molar-refractivity contribution >= 4 is 8.07 Å². The van der Waals surface area contributed by atoms with Gasteiger partial charge in [0, 0.05) is 6.61 Å². The summed E-state index contributed by atoms with van der Waals surface area (Å²) in [7, 11) is -1.05. The highest BCUT2D eigenvalue weighted by Gasteiger charge is 2.22. The molecule has 0 aromatic rings. The number of aliphatic hydroxyl groups excluding tert-OH is 1. The van der Waals surface area contributed by atoms with Gasteiger partial charge in [-0.1, -0.05) is 50.7 Å². The minimum atomic E-state index is -1.05. The van der Waals surface area contributed by atoms with E-state index in [9.17, 15) is 0 Å². The molecule has 12 heavy (non-hydrogen) atoms. The Morgan fingerprint density at radius 2 is 1.58 bits per heavy atom. The van der Waals surface area contributed by atoms with E-state index in [1.54, 1.807) is 0 Å². The van der Waals surface area contributed by atoms with E-state index in [0.29, 0.717) is 0 Å². The van der Waals surface area contributed by atoms with E-state index in [1.165, 1.54) is 18.1 Å². The Morgan fingerprint density at radius 1 is 1.08 bits per heavy atom. The molecule has 0 saturated carbocycles. The molecule has 0 aromatic heterocycles. The first-order valence-electron chi connectivity index (χ1n) is 5.03. The molecular weight excluding hydrogens is 164 g/mol. The topological polar surface area (TPSA) is 20.2 Å². The lowest BCUT2D eigenvalue weighted by Gasteiger charge is -2.23. The summed E-state index contributed by atoms with van der Waals surface area (Å²) < 4.78 is 0. The maximum atomic E-state index is 8.65. The minimum absolute atomic E-state index is 0.290. The van der Waals surface area contributed by atoms with Crippen molar-refractivity contribution < 1.29 is 5.11 Å². The number of hydrogen-bond donors (Lipinski definition) is 1. The van der Waals surface area contributed by atoms with Gasteiger partial charge in [0.15, 0.2) is 0 Å². The molecule has 0 aromatic carbocycles. The Labute approximate surface area is 77.5 Å². The maximum Gasteiger partial charge on any atom is 0.0766 e. The molecule has 0 rings (SSSR count). The molecule has 2 heteroatoms. The molecule has 0 bridgehead atoms. The smallest absolute Gasteiger partial charge is 0.0766 e. The molecule has 0 aliphatic heterocycles. The van der Waals surface area contributed by atoms with Crippen LogP contribution in [0.25, 0.3) is 0 Å². The number of aliphatic hydroxyl groups is 1. The zero-order valence-electron chi connectivity index (χ0n) is 8.64. The van der Waals surface area contributed by atoms with Gasteiger partial charge in [-0.05, 0) is 6.42 Å². The molecular formula is C10H22OSi. The van der Waals surface area contributed by atoms with Crippen LogP contribution < -0.4 is 0 Å². The van der Waals surface area contributed by atoms with E-state index in [4.69, 9.17) is 5.11 Å². The molecule has 0 radical (unpaired) electrons. The van der Waals surface area contributed by atoms with E-state index in [2.05, 4.69) is 32.5 Å². The average molecular weight is 186 g/mol. The molecule has 0 saturated heterocycles. The zero-order valence-corrected chi connectivity index (χ0v) is 9.64. The second-order valence-corrected chi connectivity index (χ2v) is 8.52. The van der Waals surface area contributed by atoms with Crippen LogP contribution in [-0.2, 0) is 0 Å². The summed E-state index contributed by atoms with van der Waals surface area (Å²) in [4.78, 5) is 0. The van der Waals surface area contributed by atoms with Gasteiger partial charge in [0.2, 0.25) is 0 Å². The molecule has 72 valence electrons. The van der Waals surface area contributed by atoms with E-state index < -0.39 is 8.07 Å². The minimum Gasteiger partial charge on any atom is -0.396 e. The highest BCUT2D eigenvalue weighted by atomic mass is 28.3. The van der Waals surface area contributed by atoms with Crippen LogP contribution in [0.3, 0.4) is 0 Å². The monoisotopic (exact) mass is 186 g/mol. The molecule has 0 spiro atoms. The zero-order chi connectivity index (χ0) is 9.45. The van der Waals surface area contributed by atoms with Crippen LogP contribution in [0.4, 0.5) is 0 Å². The molecule has 0 heterocycles. The van der Waals surface area contributed by atoms with Crippen molar-refractivity contribution in [3.05, 3.63) is 11.8 Å². The van der Waals surface area contributed by atoms with Crippen molar-refractivity contribution in [3.63, 3.8) is 0 Å². The lowest BCUT2D eigenvalue weighted by Crippen LogP contribution is -2.28. The molecule has 1 nitrogen and oxygen atoms in total. The van der Waals surface area contributed by atoms with E-state index in [1.807, 2.05) is 0 Å². The van der Waals surface area contributed by atoms with Gasteiger partial charge in [0.05, 0.1) is 8.07 Å². The standard InChI is InChI=1S/C10H22OSi/c1-4-12(5-2,6-3)10-8-7-9-11/h8,10-11H,4-7,9H2,1-3H3/b10-8+. The molecule has 0 aliphatic carbocycles. The SMILES string of the molecule is CC[Si](/C=C/CCO)(CC)CC. The van der Waals surface area contributed by atoms with Crippen LogP contribution in [-0.4, -0.2) is 19.8 Å². The highest BCUT2D eigenvalue weighted by molar-refractivity contribution is 6.84. The van der Waals surface area contributed by atoms with Crippen molar-refractivity contribution in [1.29, 1.82) is 0 Å². The quantitative estimate of drug-likeness (QED) is 0.632. The van der Waals surface area contributed by atoms with Gasteiger partial charge in [0.25, 0.3) is 0 Å². The van der Waals surface area contributed by atoms with Crippen molar-refractivity contribution in [2.45, 2.75) is 45.3 Å². The normalized spacial score (nSPS) is 12.7. The lowest BCUT2D eigenvalue weighted by atomic mass is 10.5. The summed E-state index contributed by atoms with van der Waals surface area (Å²) in [5, 5.41) is 8.65. The fourth-order valence-corrected chi connectivity index (χ4v) is 4.39. The van der Waals surface area contributed by atoms with Crippen molar-refractivity contribution in [2.24, 2.45) is 0 Å². The van der Waals surface area contributed by atoms with E-state index in [-0.39, 0.29) is 6.61 Å². The fraction of sp³-hybridized carbons (Fsp3) is 0.800. The summed E-state index contributed by atoms with van der Waals surface area (Å²) in [6.45, 7) is 7.17. The molecule has 0 amide bonds. The summed E-state index contributed by atoms with van der Waals surface area (Å²) >= 11 is 0. The Bertz CT molecular complexity index is 120. The predicted octanol–water partition coefficient (Wildman–Crippen LogP) is 2.97. The van der Waals surface area contributed by atoms with Gasteiger partial charge in [-0.3, -0.25) is 0 Å². The van der Waals surface area contributed by atoms with Crippen LogP contribution >= 0.6 is 0 Å². The summed E-state index contributed by atoms with van der Waals surface area (Å²) in [5.41, 5.74) is 2.42. The summed E-state index contributed by atoms with van der Waals surface area (Å²) in [6.07, 6.45) is 3.00. The second-order valence-electron chi connectivity index (χ2n) is 3.34. The fourth-order valence-electron chi connectivity index (χ4n) is 1.51. The average Bonchev–Trinajstić information content (AvgIpc) is 2.14. The Kier molecular flexibility index (Phi) is 6.39. The third-order valence-electron chi connectivity index (χ3n) is 2.88. The van der Waals surface area contributed by atoms with Crippen LogP contribution in [0.2, 0.25) is 18.1 Å². The molecule has 0 fully saturated rings.